The lowest BCUT2D eigenvalue weighted by Gasteiger charge is -2.12. The van der Waals surface area contributed by atoms with Crippen LogP contribution in [0, 0.1) is 5.82 Å². The molecule has 0 bridgehead atoms. The molecule has 3 heteroatoms. The first-order valence-electron chi connectivity index (χ1n) is 7.62. The average Bonchev–Trinajstić information content (AvgIpc) is 2.62. The minimum absolute atomic E-state index is 0.257. The van der Waals surface area contributed by atoms with Gasteiger partial charge in [-0.3, -0.25) is 0 Å². The van der Waals surface area contributed by atoms with Gasteiger partial charge in [-0.1, -0.05) is 41.9 Å². The number of pyridine rings is 1. The van der Waals surface area contributed by atoms with Gasteiger partial charge in [-0.05, 0) is 54.1 Å². The van der Waals surface area contributed by atoms with Gasteiger partial charge in [0.1, 0.15) is 5.82 Å². The lowest BCUT2D eigenvalue weighted by Crippen LogP contribution is -1.91. The molecular weight excluding hydrogens is 321 g/mol. The molecule has 0 atom stereocenters. The fraction of sp³-hybridized carbons (Fsp3) is 0. The van der Waals surface area contributed by atoms with Gasteiger partial charge >= 0.3 is 0 Å². The summed E-state index contributed by atoms with van der Waals surface area (Å²) in [6, 6.07) is 24.2. The van der Waals surface area contributed by atoms with Crippen molar-refractivity contribution in [2.24, 2.45) is 0 Å². The van der Waals surface area contributed by atoms with E-state index in [2.05, 4.69) is 6.07 Å². The van der Waals surface area contributed by atoms with Gasteiger partial charge in [-0.15, -0.1) is 0 Å². The van der Waals surface area contributed by atoms with E-state index in [9.17, 15) is 4.39 Å². The molecule has 1 heterocycles. The van der Waals surface area contributed by atoms with Crippen molar-refractivity contribution in [2.75, 3.05) is 0 Å². The number of hydrogen-bond acceptors (Lipinski definition) is 1. The van der Waals surface area contributed by atoms with Gasteiger partial charge in [0, 0.05) is 21.5 Å². The Labute approximate surface area is 144 Å². The Bertz CT molecular complexity index is 924. The molecule has 0 fully saturated rings. The van der Waals surface area contributed by atoms with Crippen molar-refractivity contribution in [3.8, 4) is 22.4 Å². The molecule has 4 rings (SSSR count). The van der Waals surface area contributed by atoms with E-state index in [1.165, 1.54) is 12.1 Å². The maximum absolute atomic E-state index is 13.3. The van der Waals surface area contributed by atoms with Crippen LogP contribution in [0.2, 0.25) is 5.02 Å². The molecule has 24 heavy (non-hydrogen) atoms. The fourth-order valence-electron chi connectivity index (χ4n) is 2.79. The quantitative estimate of drug-likeness (QED) is 0.416. The summed E-state index contributed by atoms with van der Waals surface area (Å²) in [5.74, 6) is -0.257. The Balaban J connectivity index is 2.00. The molecule has 0 aliphatic carbocycles. The Morgan fingerprint density at radius 2 is 1.42 bits per heavy atom. The van der Waals surface area contributed by atoms with E-state index in [4.69, 9.17) is 16.6 Å². The molecule has 0 saturated carbocycles. The van der Waals surface area contributed by atoms with Crippen LogP contribution in [0.25, 0.3) is 33.3 Å². The molecule has 4 aromatic rings. The highest BCUT2D eigenvalue weighted by molar-refractivity contribution is 6.30. The summed E-state index contributed by atoms with van der Waals surface area (Å²) in [6.07, 6.45) is 0. The summed E-state index contributed by atoms with van der Waals surface area (Å²) >= 11 is 6.01. The van der Waals surface area contributed by atoms with Crippen LogP contribution in [0.4, 0.5) is 4.39 Å². The third-order valence-corrected chi connectivity index (χ3v) is 4.25. The van der Waals surface area contributed by atoms with Crippen LogP contribution in [0.1, 0.15) is 0 Å². The van der Waals surface area contributed by atoms with E-state index < -0.39 is 0 Å². The Hall–Kier alpha value is -2.71. The highest BCUT2D eigenvalue weighted by Gasteiger charge is 2.11. The normalized spacial score (nSPS) is 10.9. The Kier molecular flexibility index (Phi) is 3.75. The topological polar surface area (TPSA) is 12.9 Å². The van der Waals surface area contributed by atoms with Crippen LogP contribution < -0.4 is 0 Å². The van der Waals surface area contributed by atoms with Gasteiger partial charge < -0.3 is 0 Å². The van der Waals surface area contributed by atoms with Gasteiger partial charge in [0.2, 0.25) is 0 Å². The van der Waals surface area contributed by atoms with Crippen molar-refractivity contribution < 1.29 is 4.39 Å². The van der Waals surface area contributed by atoms with Crippen LogP contribution in [0.5, 0.6) is 0 Å². The van der Waals surface area contributed by atoms with Gasteiger partial charge in [0.05, 0.1) is 11.2 Å². The third kappa shape index (κ3) is 2.77. The SMILES string of the molecule is Fc1ccc(-c2nc3ccccc3cc2-c2ccc(Cl)cc2)cc1. The van der Waals surface area contributed by atoms with E-state index in [-0.39, 0.29) is 5.82 Å². The number of hydrogen-bond donors (Lipinski definition) is 0. The van der Waals surface area contributed by atoms with E-state index in [1.807, 2.05) is 48.5 Å². The van der Waals surface area contributed by atoms with Crippen LogP contribution in [0.15, 0.2) is 78.9 Å². The van der Waals surface area contributed by atoms with Gasteiger partial charge in [-0.2, -0.15) is 0 Å². The summed E-state index contributed by atoms with van der Waals surface area (Å²) in [6.45, 7) is 0. The number of nitrogens with zero attached hydrogens (tertiary/aromatic N) is 1. The summed E-state index contributed by atoms with van der Waals surface area (Å²) < 4.78 is 13.3. The van der Waals surface area contributed by atoms with Gasteiger partial charge in [0.25, 0.3) is 0 Å². The lowest BCUT2D eigenvalue weighted by molar-refractivity contribution is 0.628. The number of benzene rings is 3. The molecule has 0 radical (unpaired) electrons. The van der Waals surface area contributed by atoms with E-state index in [0.717, 1.165) is 33.3 Å². The summed E-state index contributed by atoms with van der Waals surface area (Å²) in [4.78, 5) is 4.82. The molecule has 0 amide bonds. The minimum Gasteiger partial charge on any atom is -0.247 e. The standard InChI is InChI=1S/C21H13ClFN/c22-17-9-5-14(6-10-17)19-13-16-3-1-2-4-20(16)24-21(19)15-7-11-18(23)12-8-15/h1-13H. The maximum atomic E-state index is 13.3. The Morgan fingerprint density at radius 1 is 0.750 bits per heavy atom. The van der Waals surface area contributed by atoms with Crippen molar-refractivity contribution in [3.05, 3.63) is 89.7 Å². The fourth-order valence-corrected chi connectivity index (χ4v) is 2.92. The van der Waals surface area contributed by atoms with Crippen LogP contribution in [-0.2, 0) is 0 Å². The zero-order valence-electron chi connectivity index (χ0n) is 12.7. The molecule has 0 saturated heterocycles. The maximum Gasteiger partial charge on any atom is 0.123 e. The van der Waals surface area contributed by atoms with E-state index in [1.54, 1.807) is 12.1 Å². The molecule has 0 aliphatic rings. The molecule has 116 valence electrons. The lowest BCUT2D eigenvalue weighted by atomic mass is 9.97. The average molecular weight is 334 g/mol. The van der Waals surface area contributed by atoms with Crippen molar-refractivity contribution in [1.82, 2.24) is 4.98 Å². The van der Waals surface area contributed by atoms with Crippen molar-refractivity contribution in [3.63, 3.8) is 0 Å². The molecule has 0 spiro atoms. The number of rotatable bonds is 2. The van der Waals surface area contributed by atoms with E-state index in [0.29, 0.717) is 5.02 Å². The number of aromatic nitrogens is 1. The molecule has 1 aromatic heterocycles. The van der Waals surface area contributed by atoms with Gasteiger partial charge in [0.15, 0.2) is 0 Å². The van der Waals surface area contributed by atoms with Crippen LogP contribution in [-0.4, -0.2) is 4.98 Å². The second-order valence-corrected chi connectivity index (χ2v) is 6.03. The zero-order valence-corrected chi connectivity index (χ0v) is 13.5. The third-order valence-electron chi connectivity index (χ3n) is 4.00. The Morgan fingerprint density at radius 3 is 2.17 bits per heavy atom. The van der Waals surface area contributed by atoms with Crippen molar-refractivity contribution >= 4 is 22.5 Å². The number of fused-ring (bicyclic) bond motifs is 1. The predicted octanol–water partition coefficient (Wildman–Crippen LogP) is 6.36. The van der Waals surface area contributed by atoms with Crippen LogP contribution >= 0.6 is 11.6 Å². The first-order chi connectivity index (χ1) is 11.7. The monoisotopic (exact) mass is 333 g/mol. The van der Waals surface area contributed by atoms with Crippen molar-refractivity contribution in [1.29, 1.82) is 0 Å². The molecule has 0 N–H and O–H groups in total. The largest absolute Gasteiger partial charge is 0.247 e. The minimum atomic E-state index is -0.257. The smallest absolute Gasteiger partial charge is 0.123 e. The van der Waals surface area contributed by atoms with Gasteiger partial charge in [-0.25, -0.2) is 9.37 Å². The second kappa shape index (κ2) is 6.06. The second-order valence-electron chi connectivity index (χ2n) is 5.59. The first-order valence-corrected chi connectivity index (χ1v) is 8.00. The summed E-state index contributed by atoms with van der Waals surface area (Å²) in [5.41, 5.74) is 4.65. The highest BCUT2D eigenvalue weighted by Crippen LogP contribution is 2.34. The number of halogens is 2. The predicted molar refractivity (Wildman–Crippen MR) is 97.6 cm³/mol. The molecular formula is C21H13ClFN. The zero-order chi connectivity index (χ0) is 16.5. The van der Waals surface area contributed by atoms with Crippen molar-refractivity contribution in [2.45, 2.75) is 0 Å². The first kappa shape index (κ1) is 14.9. The molecule has 1 nitrogen and oxygen atoms in total. The summed E-state index contributed by atoms with van der Waals surface area (Å²) in [7, 11) is 0. The highest BCUT2D eigenvalue weighted by atomic mass is 35.5. The molecule has 0 aliphatic heterocycles. The molecule has 3 aromatic carbocycles. The number of para-hydroxylation sites is 1. The molecule has 0 unspecified atom stereocenters. The summed E-state index contributed by atoms with van der Waals surface area (Å²) in [5, 5.41) is 1.75. The van der Waals surface area contributed by atoms with Crippen LogP contribution in [0.3, 0.4) is 0 Å². The van der Waals surface area contributed by atoms with E-state index >= 15 is 0 Å².